The van der Waals surface area contributed by atoms with Crippen LogP contribution in [0.5, 0.6) is 0 Å². The van der Waals surface area contributed by atoms with Crippen molar-refractivity contribution in [3.8, 4) is 0 Å². The van der Waals surface area contributed by atoms with E-state index in [-0.39, 0.29) is 5.92 Å². The van der Waals surface area contributed by atoms with Gasteiger partial charge in [-0.25, -0.2) is 4.98 Å². The van der Waals surface area contributed by atoms with Crippen LogP contribution >= 0.6 is 23.6 Å². The summed E-state index contributed by atoms with van der Waals surface area (Å²) in [4.78, 5) is 7.19. The summed E-state index contributed by atoms with van der Waals surface area (Å²) < 4.78 is 0. The van der Waals surface area contributed by atoms with Crippen LogP contribution in [0.1, 0.15) is 17.6 Å². The van der Waals surface area contributed by atoms with E-state index >= 15 is 0 Å². The third kappa shape index (κ3) is 4.24. The van der Waals surface area contributed by atoms with Gasteiger partial charge < -0.3 is 5.73 Å². The topological polar surface area (TPSA) is 42.2 Å². The zero-order valence-electron chi connectivity index (χ0n) is 9.36. The highest BCUT2D eigenvalue weighted by Gasteiger charge is 2.10. The fraction of sp³-hybridized carbons (Fsp3) is 0.600. The number of aromatic nitrogens is 1. The molecule has 0 fully saturated rings. The molecule has 1 unspecified atom stereocenters. The van der Waals surface area contributed by atoms with Gasteiger partial charge in [-0.3, -0.25) is 4.90 Å². The van der Waals surface area contributed by atoms with Gasteiger partial charge in [-0.15, -0.1) is 11.3 Å². The first-order chi connectivity index (χ1) is 6.99. The minimum atomic E-state index is 0.254. The molecule has 84 valence electrons. The van der Waals surface area contributed by atoms with Gasteiger partial charge in [0.1, 0.15) is 0 Å². The summed E-state index contributed by atoms with van der Waals surface area (Å²) in [6, 6.07) is 0. The Hall–Kier alpha value is -0.520. The summed E-state index contributed by atoms with van der Waals surface area (Å²) in [6.07, 6.45) is 0. The van der Waals surface area contributed by atoms with Crippen molar-refractivity contribution in [2.24, 2.45) is 11.7 Å². The maximum atomic E-state index is 5.57. The van der Waals surface area contributed by atoms with Crippen LogP contribution in [0.25, 0.3) is 0 Å². The largest absolute Gasteiger partial charge is 0.393 e. The average molecular weight is 243 g/mol. The van der Waals surface area contributed by atoms with Crippen molar-refractivity contribution >= 4 is 28.5 Å². The lowest BCUT2D eigenvalue weighted by molar-refractivity contribution is 0.304. The Morgan fingerprint density at radius 1 is 1.73 bits per heavy atom. The van der Waals surface area contributed by atoms with E-state index in [1.54, 1.807) is 11.3 Å². The summed E-state index contributed by atoms with van der Waals surface area (Å²) in [5, 5.41) is 3.21. The number of hydrogen-bond acceptors (Lipinski definition) is 4. The van der Waals surface area contributed by atoms with Gasteiger partial charge in [0.2, 0.25) is 0 Å². The van der Waals surface area contributed by atoms with Crippen molar-refractivity contribution in [1.82, 2.24) is 9.88 Å². The van der Waals surface area contributed by atoms with E-state index in [1.807, 2.05) is 13.8 Å². The van der Waals surface area contributed by atoms with Gasteiger partial charge in [-0.1, -0.05) is 19.1 Å². The molecule has 1 aromatic heterocycles. The van der Waals surface area contributed by atoms with Crippen LogP contribution < -0.4 is 5.73 Å². The molecule has 1 aromatic rings. The van der Waals surface area contributed by atoms with Crippen molar-refractivity contribution in [1.29, 1.82) is 0 Å². The quantitative estimate of drug-likeness (QED) is 0.801. The molecular formula is C10H17N3S2. The molecule has 0 aliphatic rings. The SMILES string of the molecule is Cc1nc(CN(C)CC(C)C(N)=S)cs1. The molecule has 1 rings (SSSR count). The molecule has 0 spiro atoms. The van der Waals surface area contributed by atoms with Crippen molar-refractivity contribution < 1.29 is 0 Å². The number of nitrogens with zero attached hydrogens (tertiary/aromatic N) is 2. The normalized spacial score (nSPS) is 13.1. The second kappa shape index (κ2) is 5.53. The number of thiazole rings is 1. The van der Waals surface area contributed by atoms with E-state index in [0.717, 1.165) is 23.8 Å². The van der Waals surface area contributed by atoms with E-state index in [4.69, 9.17) is 18.0 Å². The van der Waals surface area contributed by atoms with E-state index in [2.05, 4.69) is 22.3 Å². The summed E-state index contributed by atoms with van der Waals surface area (Å²) in [5.41, 5.74) is 6.69. The third-order valence-corrected chi connectivity index (χ3v) is 3.39. The van der Waals surface area contributed by atoms with Crippen molar-refractivity contribution in [3.05, 3.63) is 16.1 Å². The highest BCUT2D eigenvalue weighted by Crippen LogP contribution is 2.10. The molecule has 1 heterocycles. The van der Waals surface area contributed by atoms with Crippen molar-refractivity contribution in [2.45, 2.75) is 20.4 Å². The Kier molecular flexibility index (Phi) is 4.63. The van der Waals surface area contributed by atoms with Gasteiger partial charge in [-0.05, 0) is 14.0 Å². The highest BCUT2D eigenvalue weighted by molar-refractivity contribution is 7.80. The smallest absolute Gasteiger partial charge is 0.0897 e. The van der Waals surface area contributed by atoms with Gasteiger partial charge in [-0.2, -0.15) is 0 Å². The summed E-state index contributed by atoms with van der Waals surface area (Å²) >= 11 is 6.63. The Morgan fingerprint density at radius 3 is 2.87 bits per heavy atom. The molecule has 3 nitrogen and oxygen atoms in total. The molecule has 0 radical (unpaired) electrons. The van der Waals surface area contributed by atoms with Gasteiger partial charge in [0.15, 0.2) is 0 Å². The predicted octanol–water partition coefficient (Wildman–Crippen LogP) is 1.81. The first-order valence-corrected chi connectivity index (χ1v) is 6.16. The Morgan fingerprint density at radius 2 is 2.40 bits per heavy atom. The fourth-order valence-corrected chi connectivity index (χ4v) is 2.06. The van der Waals surface area contributed by atoms with Crippen LogP contribution in [0.4, 0.5) is 0 Å². The van der Waals surface area contributed by atoms with Crippen molar-refractivity contribution in [3.63, 3.8) is 0 Å². The van der Waals surface area contributed by atoms with Crippen LogP contribution in [0.2, 0.25) is 0 Å². The van der Waals surface area contributed by atoms with Crippen LogP contribution in [0.3, 0.4) is 0 Å². The van der Waals surface area contributed by atoms with Gasteiger partial charge in [0.25, 0.3) is 0 Å². The maximum absolute atomic E-state index is 5.57. The summed E-state index contributed by atoms with van der Waals surface area (Å²) in [7, 11) is 2.06. The number of nitrogens with two attached hydrogens (primary N) is 1. The van der Waals surface area contributed by atoms with Crippen LogP contribution in [0.15, 0.2) is 5.38 Å². The molecule has 0 saturated heterocycles. The summed E-state index contributed by atoms with van der Waals surface area (Å²) in [5.74, 6) is 0.254. The molecule has 0 bridgehead atoms. The lowest BCUT2D eigenvalue weighted by Crippen LogP contribution is -2.31. The van der Waals surface area contributed by atoms with Crippen molar-refractivity contribution in [2.75, 3.05) is 13.6 Å². The van der Waals surface area contributed by atoms with E-state index < -0.39 is 0 Å². The number of aryl methyl sites for hydroxylation is 1. The molecule has 2 N–H and O–H groups in total. The third-order valence-electron chi connectivity index (χ3n) is 2.17. The molecule has 0 aliphatic heterocycles. The lowest BCUT2D eigenvalue weighted by atomic mass is 10.2. The molecular weight excluding hydrogens is 226 g/mol. The second-order valence-electron chi connectivity index (χ2n) is 3.86. The molecule has 0 saturated carbocycles. The first kappa shape index (κ1) is 12.5. The van der Waals surface area contributed by atoms with Gasteiger partial charge >= 0.3 is 0 Å². The molecule has 0 aromatic carbocycles. The number of hydrogen-bond donors (Lipinski definition) is 1. The monoisotopic (exact) mass is 243 g/mol. The highest BCUT2D eigenvalue weighted by atomic mass is 32.1. The van der Waals surface area contributed by atoms with Crippen LogP contribution in [-0.4, -0.2) is 28.5 Å². The number of rotatable bonds is 5. The molecule has 1 atom stereocenters. The Balaban J connectivity index is 2.42. The van der Waals surface area contributed by atoms with Crippen LogP contribution in [0, 0.1) is 12.8 Å². The summed E-state index contributed by atoms with van der Waals surface area (Å²) in [6.45, 7) is 5.81. The zero-order valence-corrected chi connectivity index (χ0v) is 11.0. The van der Waals surface area contributed by atoms with Gasteiger partial charge in [0, 0.05) is 24.4 Å². The molecule has 5 heteroatoms. The minimum Gasteiger partial charge on any atom is -0.393 e. The Bertz CT molecular complexity index is 335. The first-order valence-electron chi connectivity index (χ1n) is 4.88. The molecule has 15 heavy (non-hydrogen) atoms. The van der Waals surface area contributed by atoms with Gasteiger partial charge in [0.05, 0.1) is 15.7 Å². The fourth-order valence-electron chi connectivity index (χ4n) is 1.38. The Labute approximate surface area is 100 Å². The minimum absolute atomic E-state index is 0.254. The second-order valence-corrected chi connectivity index (χ2v) is 5.39. The maximum Gasteiger partial charge on any atom is 0.0897 e. The average Bonchev–Trinajstić information content (AvgIpc) is 2.50. The molecule has 0 aliphatic carbocycles. The van der Waals surface area contributed by atoms with E-state index in [0.29, 0.717) is 4.99 Å². The van der Waals surface area contributed by atoms with E-state index in [9.17, 15) is 0 Å². The predicted molar refractivity (Wildman–Crippen MR) is 69.1 cm³/mol. The lowest BCUT2D eigenvalue weighted by Gasteiger charge is -2.19. The number of thiocarbonyl (C=S) groups is 1. The van der Waals surface area contributed by atoms with E-state index in [1.165, 1.54) is 0 Å². The standard InChI is InChI=1S/C10H17N3S2/c1-7(10(11)14)4-13(3)5-9-6-15-8(2)12-9/h6-7H,4-5H2,1-3H3,(H2,11,14). The molecule has 0 amide bonds. The van der Waals surface area contributed by atoms with Crippen LogP contribution in [-0.2, 0) is 6.54 Å². The zero-order chi connectivity index (χ0) is 11.4.